The van der Waals surface area contributed by atoms with Crippen molar-refractivity contribution < 1.29 is 9.53 Å². The van der Waals surface area contributed by atoms with Crippen LogP contribution in [0.15, 0.2) is 42.5 Å². The molecular formula is C25H25NO2. The van der Waals surface area contributed by atoms with Gasteiger partial charge >= 0.3 is 0 Å². The van der Waals surface area contributed by atoms with E-state index in [-0.39, 0.29) is 11.4 Å². The number of ether oxygens (including phenoxy) is 1. The van der Waals surface area contributed by atoms with Crippen molar-refractivity contribution in [2.45, 2.75) is 57.0 Å². The molecule has 142 valence electrons. The second-order valence-corrected chi connectivity index (χ2v) is 8.71. The number of hydrogen-bond acceptors (Lipinski definition) is 3. The van der Waals surface area contributed by atoms with E-state index in [9.17, 15) is 4.79 Å². The lowest BCUT2D eigenvalue weighted by Crippen LogP contribution is -2.53. The molecule has 0 bridgehead atoms. The molecule has 3 aliphatic rings. The highest BCUT2D eigenvalue weighted by Crippen LogP contribution is 2.52. The van der Waals surface area contributed by atoms with Crippen molar-refractivity contribution in [3.05, 3.63) is 53.6 Å². The fraction of sp³-hybridized carbons (Fsp3) is 0.440. The molecule has 1 heterocycles. The first-order valence-electron chi connectivity index (χ1n) is 10.6. The molecule has 2 saturated carbocycles. The Bertz CT molecular complexity index is 971. The fourth-order valence-electron chi connectivity index (χ4n) is 5.85. The molecule has 1 spiro atoms. The number of Topliss-reactive ketones (excluding diaryl/α,β-unsaturated/α-hetero) is 1. The van der Waals surface area contributed by atoms with Crippen LogP contribution in [0.25, 0.3) is 11.1 Å². The third kappa shape index (κ3) is 2.83. The maximum absolute atomic E-state index is 13.2. The number of fused-ring (bicyclic) bond motifs is 3. The van der Waals surface area contributed by atoms with Crippen molar-refractivity contribution in [2.75, 3.05) is 0 Å². The molecule has 3 atom stereocenters. The minimum atomic E-state index is -0.282. The fourth-order valence-corrected chi connectivity index (χ4v) is 5.85. The lowest BCUT2D eigenvalue weighted by Gasteiger charge is -2.51. The summed E-state index contributed by atoms with van der Waals surface area (Å²) >= 11 is 0. The summed E-state index contributed by atoms with van der Waals surface area (Å²) < 4.78 is 6.66. The van der Waals surface area contributed by atoms with Gasteiger partial charge in [0.25, 0.3) is 0 Å². The van der Waals surface area contributed by atoms with Crippen molar-refractivity contribution in [2.24, 2.45) is 11.8 Å². The molecule has 5 rings (SSSR count). The van der Waals surface area contributed by atoms with E-state index in [1.54, 1.807) is 6.07 Å². The molecule has 0 amide bonds. The molecule has 3 unspecified atom stereocenters. The topological polar surface area (TPSA) is 50.1 Å². The average Bonchev–Trinajstić information content (AvgIpc) is 2.74. The minimum absolute atomic E-state index is 0.214. The minimum Gasteiger partial charge on any atom is -0.486 e. The Kier molecular flexibility index (Phi) is 4.23. The highest BCUT2D eigenvalue weighted by Gasteiger charge is 2.51. The summed E-state index contributed by atoms with van der Waals surface area (Å²) in [5, 5.41) is 9.15. The second-order valence-electron chi connectivity index (χ2n) is 8.71. The van der Waals surface area contributed by atoms with E-state index in [1.807, 2.05) is 36.4 Å². The monoisotopic (exact) mass is 371 g/mol. The van der Waals surface area contributed by atoms with Gasteiger partial charge in [-0.25, -0.2) is 0 Å². The molecule has 0 aromatic heterocycles. The molecule has 2 aliphatic carbocycles. The SMILES string of the molecule is N#Cc1cccc(-c2ccc3c(c2)C(=O)CC2(CCCC4CCCCC42)O3)c1. The van der Waals surface area contributed by atoms with Gasteiger partial charge in [0.05, 0.1) is 23.6 Å². The van der Waals surface area contributed by atoms with Gasteiger partial charge in [-0.2, -0.15) is 5.26 Å². The van der Waals surface area contributed by atoms with Crippen LogP contribution >= 0.6 is 0 Å². The van der Waals surface area contributed by atoms with Crippen molar-refractivity contribution >= 4 is 5.78 Å². The standard InChI is InChI=1S/C25H25NO2/c26-16-17-5-3-7-19(13-17)20-10-11-24-21(14-20)23(27)15-25(28-24)12-4-8-18-6-1-2-9-22(18)25/h3,5,7,10-11,13-14,18,22H,1-2,4,6,8-9,12,15H2. The summed E-state index contributed by atoms with van der Waals surface area (Å²) in [6.07, 6.45) is 9.08. The number of ketones is 1. The Morgan fingerprint density at radius 3 is 2.71 bits per heavy atom. The summed E-state index contributed by atoms with van der Waals surface area (Å²) in [6, 6.07) is 15.6. The third-order valence-corrected chi connectivity index (χ3v) is 7.14. The van der Waals surface area contributed by atoms with Crippen LogP contribution in [0.3, 0.4) is 0 Å². The number of nitriles is 1. The molecular weight excluding hydrogens is 346 g/mol. The summed E-state index contributed by atoms with van der Waals surface area (Å²) in [5.74, 6) is 2.22. The number of benzene rings is 2. The molecule has 2 fully saturated rings. The van der Waals surface area contributed by atoms with Gasteiger partial charge in [0.2, 0.25) is 0 Å². The Balaban J connectivity index is 1.50. The Labute approximate surface area is 166 Å². The largest absolute Gasteiger partial charge is 0.486 e. The van der Waals surface area contributed by atoms with Crippen LogP contribution < -0.4 is 4.74 Å². The number of nitrogens with zero attached hydrogens (tertiary/aromatic N) is 1. The average molecular weight is 371 g/mol. The quantitative estimate of drug-likeness (QED) is 0.625. The third-order valence-electron chi connectivity index (χ3n) is 7.14. The first kappa shape index (κ1) is 17.5. The highest BCUT2D eigenvalue weighted by molar-refractivity contribution is 6.01. The first-order chi connectivity index (χ1) is 13.7. The van der Waals surface area contributed by atoms with Crippen LogP contribution in [0, 0.1) is 23.2 Å². The molecule has 0 N–H and O–H groups in total. The van der Waals surface area contributed by atoms with Crippen LogP contribution in [0.1, 0.15) is 67.3 Å². The van der Waals surface area contributed by atoms with E-state index in [2.05, 4.69) is 6.07 Å². The molecule has 2 aromatic rings. The molecule has 2 aromatic carbocycles. The van der Waals surface area contributed by atoms with Crippen molar-refractivity contribution in [3.63, 3.8) is 0 Å². The van der Waals surface area contributed by atoms with E-state index in [0.29, 0.717) is 23.5 Å². The maximum atomic E-state index is 13.2. The lowest BCUT2D eigenvalue weighted by molar-refractivity contribution is -0.0721. The van der Waals surface area contributed by atoms with E-state index < -0.39 is 0 Å². The van der Waals surface area contributed by atoms with Crippen molar-refractivity contribution in [1.82, 2.24) is 0 Å². The smallest absolute Gasteiger partial charge is 0.170 e. The van der Waals surface area contributed by atoms with Crippen LogP contribution in [0.2, 0.25) is 0 Å². The number of carbonyl (C=O) groups excluding carboxylic acids is 1. The molecule has 0 radical (unpaired) electrons. The summed E-state index contributed by atoms with van der Waals surface area (Å²) in [4.78, 5) is 13.2. The molecule has 3 nitrogen and oxygen atoms in total. The van der Waals surface area contributed by atoms with Crippen LogP contribution in [-0.4, -0.2) is 11.4 Å². The zero-order valence-corrected chi connectivity index (χ0v) is 16.1. The number of rotatable bonds is 1. The van der Waals surface area contributed by atoms with E-state index in [0.717, 1.165) is 29.2 Å². The summed E-state index contributed by atoms with van der Waals surface area (Å²) in [6.45, 7) is 0. The van der Waals surface area contributed by atoms with Gasteiger partial charge in [0.1, 0.15) is 11.4 Å². The Hall–Kier alpha value is -2.60. The second kappa shape index (κ2) is 6.78. The zero-order valence-electron chi connectivity index (χ0n) is 16.1. The van der Waals surface area contributed by atoms with E-state index in [1.165, 1.54) is 38.5 Å². The van der Waals surface area contributed by atoms with Crippen LogP contribution in [-0.2, 0) is 0 Å². The molecule has 1 aliphatic heterocycles. The van der Waals surface area contributed by atoms with Gasteiger partial charge in [0, 0.05) is 5.92 Å². The van der Waals surface area contributed by atoms with Gasteiger partial charge in [-0.1, -0.05) is 37.5 Å². The highest BCUT2D eigenvalue weighted by atomic mass is 16.5. The van der Waals surface area contributed by atoms with Gasteiger partial charge in [-0.3, -0.25) is 4.79 Å². The van der Waals surface area contributed by atoms with Gasteiger partial charge in [-0.15, -0.1) is 0 Å². The summed E-state index contributed by atoms with van der Waals surface area (Å²) in [5.41, 5.74) is 2.96. The Morgan fingerprint density at radius 1 is 1.00 bits per heavy atom. The molecule has 3 heteroatoms. The van der Waals surface area contributed by atoms with Crippen LogP contribution in [0.4, 0.5) is 0 Å². The van der Waals surface area contributed by atoms with Gasteiger partial charge in [-0.05, 0) is 67.0 Å². The predicted molar refractivity (Wildman–Crippen MR) is 108 cm³/mol. The number of carbonyl (C=O) groups is 1. The van der Waals surface area contributed by atoms with Gasteiger partial charge < -0.3 is 4.74 Å². The maximum Gasteiger partial charge on any atom is 0.170 e. The van der Waals surface area contributed by atoms with Crippen LogP contribution in [0.5, 0.6) is 5.75 Å². The van der Waals surface area contributed by atoms with Crippen molar-refractivity contribution in [3.8, 4) is 22.9 Å². The van der Waals surface area contributed by atoms with E-state index in [4.69, 9.17) is 10.00 Å². The van der Waals surface area contributed by atoms with Crippen molar-refractivity contribution in [1.29, 1.82) is 5.26 Å². The normalized spacial score (nSPS) is 28.8. The predicted octanol–water partition coefficient (Wildman–Crippen LogP) is 5.92. The number of hydrogen-bond donors (Lipinski definition) is 0. The summed E-state index contributed by atoms with van der Waals surface area (Å²) in [7, 11) is 0. The first-order valence-corrected chi connectivity index (χ1v) is 10.6. The lowest BCUT2D eigenvalue weighted by atomic mass is 9.61. The van der Waals surface area contributed by atoms with E-state index >= 15 is 0 Å². The molecule has 0 saturated heterocycles. The van der Waals surface area contributed by atoms with Gasteiger partial charge in [0.15, 0.2) is 5.78 Å². The zero-order chi connectivity index (χ0) is 19.1. The Morgan fingerprint density at radius 2 is 1.82 bits per heavy atom. The molecule has 28 heavy (non-hydrogen) atoms.